The van der Waals surface area contributed by atoms with Crippen LogP contribution in [0.5, 0.6) is 5.75 Å². The highest BCUT2D eigenvalue weighted by molar-refractivity contribution is 5.99. The van der Waals surface area contributed by atoms with Gasteiger partial charge in [-0.15, -0.1) is 0 Å². The Balaban J connectivity index is 2.00. The van der Waals surface area contributed by atoms with Gasteiger partial charge in [0.1, 0.15) is 18.1 Å². The van der Waals surface area contributed by atoms with E-state index in [1.54, 1.807) is 12.4 Å². The van der Waals surface area contributed by atoms with Crippen molar-refractivity contribution < 1.29 is 14.3 Å². The lowest BCUT2D eigenvalue weighted by atomic mass is 9.97. The molecule has 3 aromatic rings. The average molecular weight is 306 g/mol. The minimum Gasteiger partial charge on any atom is -0.488 e. The number of pyridine rings is 1. The van der Waals surface area contributed by atoms with Crippen molar-refractivity contribution >= 4 is 5.97 Å². The Morgan fingerprint density at radius 1 is 1.22 bits per heavy atom. The maximum Gasteiger partial charge on any atom is 0.355 e. The predicted molar refractivity (Wildman–Crippen MR) is 85.1 cm³/mol. The number of ether oxygens (including phenoxy) is 2. The summed E-state index contributed by atoms with van der Waals surface area (Å²) in [6, 6.07) is 11.5. The van der Waals surface area contributed by atoms with E-state index in [1.807, 2.05) is 36.4 Å². The molecule has 1 N–H and O–H groups in total. The molecule has 1 aromatic carbocycles. The first-order valence-electron chi connectivity index (χ1n) is 7.25. The smallest absolute Gasteiger partial charge is 0.355 e. The Kier molecular flexibility index (Phi) is 3.12. The lowest BCUT2D eigenvalue weighted by molar-refractivity contribution is 0.0596. The largest absolute Gasteiger partial charge is 0.488 e. The Labute approximate surface area is 132 Å². The summed E-state index contributed by atoms with van der Waals surface area (Å²) >= 11 is 0. The van der Waals surface area contributed by atoms with Crippen LogP contribution in [0.3, 0.4) is 0 Å². The highest BCUT2D eigenvalue weighted by atomic mass is 16.5. The molecule has 5 nitrogen and oxygen atoms in total. The summed E-state index contributed by atoms with van der Waals surface area (Å²) in [5.74, 6) is 0.405. The van der Waals surface area contributed by atoms with Crippen molar-refractivity contribution in [1.82, 2.24) is 9.97 Å². The summed E-state index contributed by atoms with van der Waals surface area (Å²) in [6.45, 7) is 0.400. The van der Waals surface area contributed by atoms with Crippen LogP contribution in [0.15, 0.2) is 48.8 Å². The van der Waals surface area contributed by atoms with Gasteiger partial charge < -0.3 is 14.5 Å². The highest BCUT2D eigenvalue weighted by Gasteiger charge is 2.28. The maximum absolute atomic E-state index is 12.2. The molecule has 0 aliphatic carbocycles. The van der Waals surface area contributed by atoms with Gasteiger partial charge in [-0.3, -0.25) is 4.98 Å². The summed E-state index contributed by atoms with van der Waals surface area (Å²) in [4.78, 5) is 19.5. The third kappa shape index (κ3) is 2.09. The zero-order valence-corrected chi connectivity index (χ0v) is 12.5. The predicted octanol–water partition coefficient (Wildman–Crippen LogP) is 3.42. The number of H-pyrrole nitrogens is 1. The number of fused-ring (bicyclic) bond motifs is 3. The molecule has 5 heteroatoms. The van der Waals surface area contributed by atoms with Crippen LogP contribution in [0.1, 0.15) is 16.1 Å². The number of carbonyl (C=O) groups is 1. The van der Waals surface area contributed by atoms with E-state index in [2.05, 4.69) is 9.97 Å². The van der Waals surface area contributed by atoms with Gasteiger partial charge in [0.25, 0.3) is 0 Å². The van der Waals surface area contributed by atoms with Crippen LogP contribution in [0.4, 0.5) is 0 Å². The van der Waals surface area contributed by atoms with E-state index in [9.17, 15) is 4.79 Å². The van der Waals surface area contributed by atoms with Gasteiger partial charge in [0.05, 0.1) is 12.8 Å². The summed E-state index contributed by atoms with van der Waals surface area (Å²) in [5, 5.41) is 0. The molecule has 1 aliphatic rings. The molecule has 0 saturated carbocycles. The molecule has 114 valence electrons. The summed E-state index contributed by atoms with van der Waals surface area (Å²) in [6.07, 6.45) is 3.40. The average Bonchev–Trinajstić information content (AvgIpc) is 3.01. The minimum absolute atomic E-state index is 0.399. The fraction of sp³-hybridized carbons (Fsp3) is 0.111. The number of aromatic amines is 1. The van der Waals surface area contributed by atoms with E-state index in [1.165, 1.54) is 7.11 Å². The van der Waals surface area contributed by atoms with Gasteiger partial charge in [-0.1, -0.05) is 12.1 Å². The lowest BCUT2D eigenvalue weighted by Gasteiger charge is -2.18. The van der Waals surface area contributed by atoms with Crippen LogP contribution in [-0.2, 0) is 11.3 Å². The minimum atomic E-state index is -0.399. The van der Waals surface area contributed by atoms with E-state index in [0.29, 0.717) is 12.3 Å². The quantitative estimate of drug-likeness (QED) is 0.737. The molecule has 0 atom stereocenters. The number of rotatable bonds is 2. The molecule has 1 aliphatic heterocycles. The fourth-order valence-corrected chi connectivity index (χ4v) is 2.95. The number of carbonyl (C=O) groups excluding carboxylic acids is 1. The van der Waals surface area contributed by atoms with Gasteiger partial charge in [0, 0.05) is 29.1 Å². The molecule has 2 aromatic heterocycles. The molecular weight excluding hydrogens is 292 g/mol. The number of aromatic nitrogens is 2. The Bertz CT molecular complexity index is 885. The molecule has 4 rings (SSSR count). The number of esters is 1. The number of methoxy groups -OCH3 is 1. The third-order valence-corrected chi connectivity index (χ3v) is 3.99. The number of hydrogen-bond donors (Lipinski definition) is 1. The summed E-state index contributed by atoms with van der Waals surface area (Å²) < 4.78 is 10.8. The van der Waals surface area contributed by atoms with Crippen LogP contribution >= 0.6 is 0 Å². The summed E-state index contributed by atoms with van der Waals surface area (Å²) in [7, 11) is 1.38. The second-order valence-corrected chi connectivity index (χ2v) is 5.24. The zero-order valence-electron chi connectivity index (χ0n) is 12.5. The SMILES string of the molecule is COC(=O)c1[nH]c2c(c1-c1ccncc1)COc1ccccc1-2. The number of benzene rings is 1. The molecule has 0 saturated heterocycles. The Hall–Kier alpha value is -3.08. The van der Waals surface area contributed by atoms with E-state index >= 15 is 0 Å². The maximum atomic E-state index is 12.2. The highest BCUT2D eigenvalue weighted by Crippen LogP contribution is 2.42. The van der Waals surface area contributed by atoms with E-state index in [0.717, 1.165) is 33.7 Å². The number of nitrogens with zero attached hydrogens (tertiary/aromatic N) is 1. The van der Waals surface area contributed by atoms with Gasteiger partial charge in [-0.05, 0) is 29.8 Å². The van der Waals surface area contributed by atoms with E-state index in [4.69, 9.17) is 9.47 Å². The zero-order chi connectivity index (χ0) is 15.8. The molecule has 3 heterocycles. The van der Waals surface area contributed by atoms with Crippen molar-refractivity contribution in [3.63, 3.8) is 0 Å². The first-order chi connectivity index (χ1) is 11.3. The van der Waals surface area contributed by atoms with Crippen molar-refractivity contribution in [2.75, 3.05) is 7.11 Å². The van der Waals surface area contributed by atoms with Crippen molar-refractivity contribution in [2.24, 2.45) is 0 Å². The number of nitrogens with one attached hydrogen (secondary N) is 1. The van der Waals surface area contributed by atoms with Crippen molar-refractivity contribution in [3.05, 3.63) is 60.0 Å². The van der Waals surface area contributed by atoms with Crippen LogP contribution in [0.25, 0.3) is 22.4 Å². The number of para-hydroxylation sites is 1. The normalized spacial score (nSPS) is 12.0. The molecule has 0 radical (unpaired) electrons. The molecule has 0 unspecified atom stereocenters. The van der Waals surface area contributed by atoms with Crippen molar-refractivity contribution in [3.8, 4) is 28.1 Å². The number of hydrogen-bond acceptors (Lipinski definition) is 4. The fourth-order valence-electron chi connectivity index (χ4n) is 2.95. The summed E-state index contributed by atoms with van der Waals surface area (Å²) in [5.41, 5.74) is 4.95. The topological polar surface area (TPSA) is 64.2 Å². The standard InChI is InChI=1S/C18H14N2O3/c1-22-18(21)17-15(11-6-8-19-9-7-11)13-10-23-14-5-3-2-4-12(14)16(13)20-17/h2-9,20H,10H2,1H3. The Morgan fingerprint density at radius 3 is 2.78 bits per heavy atom. The molecule has 0 bridgehead atoms. The van der Waals surface area contributed by atoms with Crippen molar-refractivity contribution in [1.29, 1.82) is 0 Å². The Morgan fingerprint density at radius 2 is 2.00 bits per heavy atom. The van der Waals surface area contributed by atoms with Gasteiger partial charge in [0.15, 0.2) is 0 Å². The van der Waals surface area contributed by atoms with Gasteiger partial charge in [0.2, 0.25) is 0 Å². The first-order valence-corrected chi connectivity index (χ1v) is 7.25. The third-order valence-electron chi connectivity index (χ3n) is 3.99. The van der Waals surface area contributed by atoms with Crippen molar-refractivity contribution in [2.45, 2.75) is 6.61 Å². The van der Waals surface area contributed by atoms with Gasteiger partial charge in [-0.25, -0.2) is 4.79 Å². The van der Waals surface area contributed by atoms with Crippen LogP contribution < -0.4 is 4.74 Å². The molecule has 0 amide bonds. The molecule has 23 heavy (non-hydrogen) atoms. The van der Waals surface area contributed by atoms with E-state index in [-0.39, 0.29) is 0 Å². The molecular formula is C18H14N2O3. The molecule has 0 spiro atoms. The van der Waals surface area contributed by atoms with Crippen LogP contribution in [-0.4, -0.2) is 23.0 Å². The van der Waals surface area contributed by atoms with Crippen LogP contribution in [0, 0.1) is 0 Å². The first kappa shape index (κ1) is 13.6. The van der Waals surface area contributed by atoms with Gasteiger partial charge >= 0.3 is 5.97 Å². The second kappa shape index (κ2) is 5.28. The second-order valence-electron chi connectivity index (χ2n) is 5.24. The van der Waals surface area contributed by atoms with E-state index < -0.39 is 5.97 Å². The molecule has 0 fully saturated rings. The van der Waals surface area contributed by atoms with Crippen LogP contribution in [0.2, 0.25) is 0 Å². The van der Waals surface area contributed by atoms with Gasteiger partial charge in [-0.2, -0.15) is 0 Å². The lowest BCUT2D eigenvalue weighted by Crippen LogP contribution is -2.05. The monoisotopic (exact) mass is 306 g/mol.